The maximum atomic E-state index is 10.9. The van der Waals surface area contributed by atoms with Crippen LogP contribution < -0.4 is 15.0 Å². The molecule has 5 nitrogen and oxygen atoms in total. The molecule has 0 aliphatic rings. The molecule has 1 amide bonds. The first kappa shape index (κ1) is 15.6. The van der Waals surface area contributed by atoms with E-state index < -0.39 is 5.91 Å². The molecule has 0 spiro atoms. The number of ether oxygens (including phenoxy) is 2. The highest BCUT2D eigenvalue weighted by Crippen LogP contribution is 2.16. The fraction of sp³-hybridized carbons (Fsp3) is 0.118. The molecule has 0 unspecified atom stereocenters. The van der Waals surface area contributed by atoms with Crippen LogP contribution in [0, 0.1) is 0 Å². The van der Waals surface area contributed by atoms with Gasteiger partial charge in [0.25, 0.3) is 5.91 Å². The molecule has 0 radical (unpaired) electrons. The fourth-order valence-electron chi connectivity index (χ4n) is 1.77. The molecule has 2 aromatic rings. The van der Waals surface area contributed by atoms with Gasteiger partial charge in [0.05, 0.1) is 7.11 Å². The first-order valence-corrected chi connectivity index (χ1v) is 6.69. The number of hydroxylamine groups is 1. The lowest BCUT2D eigenvalue weighted by Crippen LogP contribution is -2.14. The van der Waals surface area contributed by atoms with Crippen LogP contribution in [0.4, 0.5) is 0 Å². The van der Waals surface area contributed by atoms with E-state index in [2.05, 4.69) is 0 Å². The van der Waals surface area contributed by atoms with Crippen LogP contribution in [0.3, 0.4) is 0 Å². The molecule has 2 rings (SSSR count). The van der Waals surface area contributed by atoms with Gasteiger partial charge in [-0.15, -0.1) is 0 Å². The van der Waals surface area contributed by atoms with Crippen LogP contribution in [0.2, 0.25) is 0 Å². The van der Waals surface area contributed by atoms with E-state index in [9.17, 15) is 4.79 Å². The second kappa shape index (κ2) is 7.85. The van der Waals surface area contributed by atoms with Crippen LogP contribution in [-0.4, -0.2) is 18.2 Å². The topological polar surface area (TPSA) is 67.8 Å². The quantitative estimate of drug-likeness (QED) is 0.489. The Kier molecular flexibility index (Phi) is 5.57. The zero-order chi connectivity index (χ0) is 15.8. The highest BCUT2D eigenvalue weighted by Gasteiger charge is 1.98. The van der Waals surface area contributed by atoms with Gasteiger partial charge in [-0.1, -0.05) is 24.3 Å². The van der Waals surface area contributed by atoms with Crippen molar-refractivity contribution in [2.24, 2.45) is 0 Å². The Labute approximate surface area is 128 Å². The molecule has 0 saturated carbocycles. The zero-order valence-corrected chi connectivity index (χ0v) is 12.2. The Bertz CT molecular complexity index is 633. The van der Waals surface area contributed by atoms with Crippen LogP contribution in [0.15, 0.2) is 54.6 Å². The van der Waals surface area contributed by atoms with Crippen molar-refractivity contribution in [2.75, 3.05) is 7.11 Å². The lowest BCUT2D eigenvalue weighted by Gasteiger charge is -2.07. The molecule has 0 heterocycles. The normalized spacial score (nSPS) is 10.5. The molecule has 0 saturated heterocycles. The Balaban J connectivity index is 1.90. The lowest BCUT2D eigenvalue weighted by molar-refractivity contribution is -0.124. The van der Waals surface area contributed by atoms with Crippen molar-refractivity contribution in [1.29, 1.82) is 0 Å². The van der Waals surface area contributed by atoms with E-state index in [4.69, 9.17) is 14.7 Å². The number of carbonyl (C=O) groups is 1. The molecular formula is C17H17NO4. The number of rotatable bonds is 6. The molecule has 0 bridgehead atoms. The standard InChI is InChI=1S/C17H17NO4/c1-21-15-7-4-14(5-8-15)12-22-16-9-2-13(3-10-16)6-11-17(19)18-20/h2-11,20H,12H2,1H3,(H,18,19)/b11-6+. The molecule has 0 aliphatic carbocycles. The number of hydrogen-bond acceptors (Lipinski definition) is 4. The number of nitrogens with one attached hydrogen (secondary N) is 1. The van der Waals surface area contributed by atoms with Crippen LogP contribution in [0.1, 0.15) is 11.1 Å². The van der Waals surface area contributed by atoms with Gasteiger partial charge in [0.2, 0.25) is 0 Å². The smallest absolute Gasteiger partial charge is 0.267 e. The van der Waals surface area contributed by atoms with Crippen LogP contribution in [-0.2, 0) is 11.4 Å². The van der Waals surface area contributed by atoms with E-state index >= 15 is 0 Å². The third-order valence-electron chi connectivity index (χ3n) is 2.98. The molecule has 2 N–H and O–H groups in total. The van der Waals surface area contributed by atoms with Crippen molar-refractivity contribution in [3.63, 3.8) is 0 Å². The van der Waals surface area contributed by atoms with Gasteiger partial charge in [0, 0.05) is 6.08 Å². The van der Waals surface area contributed by atoms with E-state index in [1.807, 2.05) is 48.5 Å². The summed E-state index contributed by atoms with van der Waals surface area (Å²) in [5.41, 5.74) is 3.41. The number of benzene rings is 2. The minimum Gasteiger partial charge on any atom is -0.497 e. The largest absolute Gasteiger partial charge is 0.497 e. The summed E-state index contributed by atoms with van der Waals surface area (Å²) < 4.78 is 10.8. The molecule has 2 aromatic carbocycles. The highest BCUT2D eigenvalue weighted by molar-refractivity contribution is 5.90. The van der Waals surface area contributed by atoms with Crippen molar-refractivity contribution < 1.29 is 19.5 Å². The van der Waals surface area contributed by atoms with Gasteiger partial charge in [-0.2, -0.15) is 0 Å². The van der Waals surface area contributed by atoms with E-state index in [0.717, 1.165) is 22.6 Å². The number of methoxy groups -OCH3 is 1. The molecule has 22 heavy (non-hydrogen) atoms. The fourth-order valence-corrected chi connectivity index (χ4v) is 1.77. The summed E-state index contributed by atoms with van der Waals surface area (Å²) in [6.45, 7) is 0.464. The second-order valence-electron chi connectivity index (χ2n) is 4.52. The van der Waals surface area contributed by atoms with E-state index in [1.165, 1.54) is 11.6 Å². The predicted octanol–water partition coefficient (Wildman–Crippen LogP) is 2.79. The average Bonchev–Trinajstić information content (AvgIpc) is 2.59. The number of amides is 1. The maximum Gasteiger partial charge on any atom is 0.267 e. The van der Waals surface area contributed by atoms with Gasteiger partial charge in [-0.25, -0.2) is 5.48 Å². The molecule has 0 atom stereocenters. The molecule has 5 heteroatoms. The summed E-state index contributed by atoms with van der Waals surface area (Å²) >= 11 is 0. The number of carbonyl (C=O) groups excluding carboxylic acids is 1. The lowest BCUT2D eigenvalue weighted by atomic mass is 10.2. The molecule has 0 aromatic heterocycles. The van der Waals surface area contributed by atoms with Gasteiger partial charge in [0.1, 0.15) is 18.1 Å². The first-order valence-electron chi connectivity index (χ1n) is 6.69. The van der Waals surface area contributed by atoms with Gasteiger partial charge in [-0.3, -0.25) is 10.0 Å². The minimum atomic E-state index is -0.570. The van der Waals surface area contributed by atoms with Crippen LogP contribution >= 0.6 is 0 Å². The van der Waals surface area contributed by atoms with Crippen molar-refractivity contribution in [3.8, 4) is 11.5 Å². The third-order valence-corrected chi connectivity index (χ3v) is 2.98. The second-order valence-corrected chi connectivity index (χ2v) is 4.52. The van der Waals surface area contributed by atoms with E-state index in [-0.39, 0.29) is 0 Å². The van der Waals surface area contributed by atoms with Crippen molar-refractivity contribution >= 4 is 12.0 Å². The summed E-state index contributed by atoms with van der Waals surface area (Å²) in [5.74, 6) is 0.978. The minimum absolute atomic E-state index is 0.464. The molecule has 0 aliphatic heterocycles. The van der Waals surface area contributed by atoms with Gasteiger partial charge in [-0.05, 0) is 41.5 Å². The van der Waals surface area contributed by atoms with Crippen molar-refractivity contribution in [1.82, 2.24) is 5.48 Å². The summed E-state index contributed by atoms with van der Waals surface area (Å²) in [5, 5.41) is 8.39. The van der Waals surface area contributed by atoms with Gasteiger partial charge in [0.15, 0.2) is 0 Å². The Hall–Kier alpha value is -2.79. The number of hydrogen-bond donors (Lipinski definition) is 2. The predicted molar refractivity (Wildman–Crippen MR) is 82.7 cm³/mol. The first-order chi connectivity index (χ1) is 10.7. The Morgan fingerprint density at radius 2 is 1.73 bits per heavy atom. The highest BCUT2D eigenvalue weighted by atomic mass is 16.5. The van der Waals surface area contributed by atoms with Crippen molar-refractivity contribution in [2.45, 2.75) is 6.61 Å². The third kappa shape index (κ3) is 4.64. The summed E-state index contributed by atoms with van der Waals surface area (Å²) in [4.78, 5) is 10.9. The molecule has 0 fully saturated rings. The Morgan fingerprint density at radius 3 is 2.32 bits per heavy atom. The van der Waals surface area contributed by atoms with Gasteiger partial charge >= 0.3 is 0 Å². The zero-order valence-electron chi connectivity index (χ0n) is 12.2. The SMILES string of the molecule is COc1ccc(COc2ccc(/C=C/C(=O)NO)cc2)cc1. The summed E-state index contributed by atoms with van der Waals surface area (Å²) in [6.07, 6.45) is 2.84. The summed E-state index contributed by atoms with van der Waals surface area (Å²) in [6, 6.07) is 15.0. The van der Waals surface area contributed by atoms with E-state index in [1.54, 1.807) is 13.2 Å². The van der Waals surface area contributed by atoms with E-state index in [0.29, 0.717) is 6.61 Å². The monoisotopic (exact) mass is 299 g/mol. The van der Waals surface area contributed by atoms with Crippen molar-refractivity contribution in [3.05, 3.63) is 65.7 Å². The molecule has 114 valence electrons. The molecular weight excluding hydrogens is 282 g/mol. The van der Waals surface area contributed by atoms with Crippen LogP contribution in [0.5, 0.6) is 11.5 Å². The van der Waals surface area contributed by atoms with Gasteiger partial charge < -0.3 is 9.47 Å². The maximum absolute atomic E-state index is 10.9. The Morgan fingerprint density at radius 1 is 1.09 bits per heavy atom. The van der Waals surface area contributed by atoms with Crippen LogP contribution in [0.25, 0.3) is 6.08 Å². The summed E-state index contributed by atoms with van der Waals surface area (Å²) in [7, 11) is 1.63. The average molecular weight is 299 g/mol.